The number of nitrogen functional groups attached to an aromatic ring is 2. The highest BCUT2D eigenvalue weighted by Gasteiger charge is 2.21. The molecule has 3 aromatic rings. The number of hydrogen-bond donors (Lipinski definition) is 2. The zero-order valence-electron chi connectivity index (χ0n) is 11.7. The van der Waals surface area contributed by atoms with E-state index in [4.69, 9.17) is 11.5 Å². The number of nitrogens with two attached hydrogens (primary N) is 2. The molecule has 106 valence electrons. The van der Waals surface area contributed by atoms with Gasteiger partial charge in [0.1, 0.15) is 33.2 Å². The summed E-state index contributed by atoms with van der Waals surface area (Å²) in [5, 5.41) is 19.3. The van der Waals surface area contributed by atoms with E-state index in [1.54, 1.807) is 0 Å². The smallest absolute Gasteiger partial charge is 0.143 e. The third kappa shape index (κ3) is 1.86. The summed E-state index contributed by atoms with van der Waals surface area (Å²) >= 11 is 1.19. The molecular formula is C16H11N5S. The predicted molar refractivity (Wildman–Crippen MR) is 88.0 cm³/mol. The first kappa shape index (κ1) is 13.9. The topological polar surface area (TPSA) is 113 Å². The molecule has 0 unspecified atom stereocenters. The second-order valence-corrected chi connectivity index (χ2v) is 5.81. The number of hydrogen-bond acceptors (Lipinski definition) is 6. The van der Waals surface area contributed by atoms with Crippen LogP contribution in [0.15, 0.2) is 24.3 Å². The van der Waals surface area contributed by atoms with E-state index in [0.29, 0.717) is 26.3 Å². The number of aromatic nitrogens is 1. The summed E-state index contributed by atoms with van der Waals surface area (Å²) < 4.78 is 0. The standard InChI is InChI=1S/C16H11N5S/c1-8-4-2-3-5-9(8)12-10(6-17)15(20)21-16-13(12)14(19)11(7-18)22-16/h2-5H,19H2,1H3,(H2,20,21). The number of pyridine rings is 1. The first-order chi connectivity index (χ1) is 10.6. The van der Waals surface area contributed by atoms with Gasteiger partial charge in [0.15, 0.2) is 0 Å². The Morgan fingerprint density at radius 2 is 1.86 bits per heavy atom. The van der Waals surface area contributed by atoms with Crippen LogP contribution in [0.5, 0.6) is 0 Å². The van der Waals surface area contributed by atoms with E-state index in [-0.39, 0.29) is 11.4 Å². The average Bonchev–Trinajstić information content (AvgIpc) is 2.82. The molecule has 0 aliphatic rings. The minimum absolute atomic E-state index is 0.152. The van der Waals surface area contributed by atoms with Gasteiger partial charge in [-0.25, -0.2) is 4.98 Å². The molecule has 2 aromatic heterocycles. The molecule has 0 aliphatic heterocycles. The van der Waals surface area contributed by atoms with Crippen LogP contribution in [0.3, 0.4) is 0 Å². The highest BCUT2D eigenvalue weighted by molar-refractivity contribution is 7.20. The number of thiophene rings is 1. The van der Waals surface area contributed by atoms with Crippen molar-refractivity contribution in [1.82, 2.24) is 4.98 Å². The molecular weight excluding hydrogens is 294 g/mol. The van der Waals surface area contributed by atoms with E-state index in [0.717, 1.165) is 11.1 Å². The number of fused-ring (bicyclic) bond motifs is 1. The van der Waals surface area contributed by atoms with E-state index in [9.17, 15) is 10.5 Å². The normalized spacial score (nSPS) is 10.3. The predicted octanol–water partition coefficient (Wildman–Crippen LogP) is 3.18. The van der Waals surface area contributed by atoms with Crippen molar-refractivity contribution in [2.24, 2.45) is 0 Å². The summed E-state index contributed by atoms with van der Waals surface area (Å²) in [4.78, 5) is 5.19. The van der Waals surface area contributed by atoms with Gasteiger partial charge in [0.2, 0.25) is 0 Å². The monoisotopic (exact) mass is 305 g/mol. The Bertz CT molecular complexity index is 988. The molecule has 0 amide bonds. The van der Waals surface area contributed by atoms with Crippen LogP contribution in [0, 0.1) is 29.6 Å². The number of nitriles is 2. The Morgan fingerprint density at radius 3 is 2.50 bits per heavy atom. The Balaban J connectivity index is 2.57. The van der Waals surface area contributed by atoms with Gasteiger partial charge >= 0.3 is 0 Å². The van der Waals surface area contributed by atoms with Crippen LogP contribution in [0.1, 0.15) is 16.0 Å². The third-order valence-electron chi connectivity index (χ3n) is 3.53. The van der Waals surface area contributed by atoms with Crippen LogP contribution < -0.4 is 11.5 Å². The van der Waals surface area contributed by atoms with Crippen molar-refractivity contribution in [3.05, 3.63) is 40.3 Å². The van der Waals surface area contributed by atoms with Crippen LogP contribution in [0.4, 0.5) is 11.5 Å². The van der Waals surface area contributed by atoms with Crippen molar-refractivity contribution < 1.29 is 0 Å². The van der Waals surface area contributed by atoms with Crippen LogP contribution in [-0.2, 0) is 0 Å². The third-order valence-corrected chi connectivity index (χ3v) is 4.54. The summed E-state index contributed by atoms with van der Waals surface area (Å²) in [6.07, 6.45) is 0. The fourth-order valence-corrected chi connectivity index (χ4v) is 3.40. The zero-order valence-corrected chi connectivity index (χ0v) is 12.5. The van der Waals surface area contributed by atoms with Crippen molar-refractivity contribution >= 4 is 33.1 Å². The van der Waals surface area contributed by atoms with Gasteiger partial charge in [-0.3, -0.25) is 0 Å². The summed E-state index contributed by atoms with van der Waals surface area (Å²) in [5.41, 5.74) is 15.2. The summed E-state index contributed by atoms with van der Waals surface area (Å²) in [5.74, 6) is 0.152. The van der Waals surface area contributed by atoms with Crippen LogP contribution in [0.2, 0.25) is 0 Å². The van der Waals surface area contributed by atoms with Gasteiger partial charge in [0.05, 0.1) is 5.69 Å². The van der Waals surface area contributed by atoms with Crippen LogP contribution in [0.25, 0.3) is 21.3 Å². The van der Waals surface area contributed by atoms with Gasteiger partial charge in [-0.05, 0) is 18.1 Å². The number of anilines is 2. The minimum Gasteiger partial charge on any atom is -0.396 e. The van der Waals surface area contributed by atoms with Gasteiger partial charge in [0.25, 0.3) is 0 Å². The van der Waals surface area contributed by atoms with Gasteiger partial charge in [-0.15, -0.1) is 11.3 Å². The summed E-state index contributed by atoms with van der Waals surface area (Å²) in [6.45, 7) is 1.95. The molecule has 0 atom stereocenters. The highest BCUT2D eigenvalue weighted by Crippen LogP contribution is 2.42. The van der Waals surface area contributed by atoms with E-state index < -0.39 is 0 Å². The summed E-state index contributed by atoms with van der Waals surface area (Å²) in [7, 11) is 0. The Kier molecular flexibility index (Phi) is 3.17. The van der Waals surface area contributed by atoms with Crippen molar-refractivity contribution in [3.8, 4) is 23.3 Å². The number of benzene rings is 1. The lowest BCUT2D eigenvalue weighted by atomic mass is 9.94. The molecule has 5 nitrogen and oxygen atoms in total. The first-order valence-corrected chi connectivity index (χ1v) is 7.27. The highest BCUT2D eigenvalue weighted by atomic mass is 32.1. The van der Waals surface area contributed by atoms with Crippen molar-refractivity contribution in [3.63, 3.8) is 0 Å². The lowest BCUT2D eigenvalue weighted by Gasteiger charge is -2.11. The molecule has 6 heteroatoms. The molecule has 0 radical (unpaired) electrons. The molecule has 22 heavy (non-hydrogen) atoms. The van der Waals surface area contributed by atoms with E-state index in [1.807, 2.05) is 31.2 Å². The average molecular weight is 305 g/mol. The fourth-order valence-electron chi connectivity index (χ4n) is 2.49. The molecule has 0 saturated heterocycles. The Hall–Kier alpha value is -3.09. The largest absolute Gasteiger partial charge is 0.396 e. The molecule has 4 N–H and O–H groups in total. The lowest BCUT2D eigenvalue weighted by molar-refractivity contribution is 1.38. The number of rotatable bonds is 1. The fraction of sp³-hybridized carbons (Fsp3) is 0.0625. The maximum absolute atomic E-state index is 9.49. The summed E-state index contributed by atoms with van der Waals surface area (Å²) in [6, 6.07) is 11.9. The maximum atomic E-state index is 9.49. The van der Waals surface area contributed by atoms with Crippen molar-refractivity contribution in [2.75, 3.05) is 11.5 Å². The second-order valence-electron chi connectivity index (χ2n) is 4.81. The SMILES string of the molecule is Cc1ccccc1-c1c(C#N)c(N)nc2sc(C#N)c(N)c12. The molecule has 2 heterocycles. The zero-order chi connectivity index (χ0) is 15.9. The molecule has 0 saturated carbocycles. The van der Waals surface area contributed by atoms with Crippen LogP contribution in [-0.4, -0.2) is 4.98 Å². The van der Waals surface area contributed by atoms with E-state index >= 15 is 0 Å². The van der Waals surface area contributed by atoms with Crippen LogP contribution >= 0.6 is 11.3 Å². The Labute approximate surface area is 131 Å². The van der Waals surface area contributed by atoms with Crippen molar-refractivity contribution in [2.45, 2.75) is 6.92 Å². The van der Waals surface area contributed by atoms with E-state index in [1.165, 1.54) is 11.3 Å². The number of nitrogens with zero attached hydrogens (tertiary/aromatic N) is 3. The molecule has 1 aromatic carbocycles. The molecule has 0 spiro atoms. The van der Waals surface area contributed by atoms with Gasteiger partial charge in [-0.2, -0.15) is 10.5 Å². The molecule has 0 fully saturated rings. The van der Waals surface area contributed by atoms with Gasteiger partial charge in [-0.1, -0.05) is 24.3 Å². The maximum Gasteiger partial charge on any atom is 0.143 e. The quantitative estimate of drug-likeness (QED) is 0.717. The minimum atomic E-state index is 0.152. The van der Waals surface area contributed by atoms with Gasteiger partial charge < -0.3 is 11.5 Å². The lowest BCUT2D eigenvalue weighted by Crippen LogP contribution is -2.00. The van der Waals surface area contributed by atoms with Crippen molar-refractivity contribution in [1.29, 1.82) is 10.5 Å². The Morgan fingerprint density at radius 1 is 1.14 bits per heavy atom. The second kappa shape index (κ2) is 5.03. The molecule has 0 bridgehead atoms. The molecule has 0 aliphatic carbocycles. The molecule has 3 rings (SSSR count). The van der Waals surface area contributed by atoms with Gasteiger partial charge in [0, 0.05) is 10.9 Å². The number of aryl methyl sites for hydroxylation is 1. The first-order valence-electron chi connectivity index (χ1n) is 6.46. The van der Waals surface area contributed by atoms with E-state index in [2.05, 4.69) is 17.1 Å².